The third kappa shape index (κ3) is 3.29. The van der Waals surface area contributed by atoms with Crippen molar-refractivity contribution in [1.29, 1.82) is 0 Å². The quantitative estimate of drug-likeness (QED) is 0.833. The Morgan fingerprint density at radius 1 is 1.71 bits per heavy atom. The fraction of sp³-hybridized carbons (Fsp3) is 0.444. The van der Waals surface area contributed by atoms with Gasteiger partial charge in [0.25, 0.3) is 5.91 Å². The van der Waals surface area contributed by atoms with Crippen molar-refractivity contribution in [1.82, 2.24) is 5.32 Å². The number of halogens is 1. The minimum atomic E-state index is -0.137. The Balaban J connectivity index is 2.43. The topological polar surface area (TPSA) is 49.3 Å². The average molecular weight is 234 g/mol. The molecule has 0 spiro atoms. The summed E-state index contributed by atoms with van der Waals surface area (Å²) in [5.41, 5.74) is 0. The first-order valence-corrected chi connectivity index (χ1v) is 5.47. The molecule has 0 aliphatic carbocycles. The van der Waals surface area contributed by atoms with Gasteiger partial charge in [-0.1, -0.05) is 18.5 Å². The molecule has 1 amide bonds. The number of rotatable bonds is 4. The highest BCUT2D eigenvalue weighted by molar-refractivity contribution is 7.17. The van der Waals surface area contributed by atoms with Crippen LogP contribution in [0.15, 0.2) is 12.1 Å². The molecular formula is C9H12ClNO2S. The van der Waals surface area contributed by atoms with E-state index in [1.54, 1.807) is 12.1 Å². The maximum atomic E-state index is 11.4. The van der Waals surface area contributed by atoms with Crippen molar-refractivity contribution >= 4 is 28.8 Å². The lowest BCUT2D eigenvalue weighted by Crippen LogP contribution is -2.28. The molecule has 1 heterocycles. The largest absolute Gasteiger partial charge is 0.396 e. The molecule has 1 unspecified atom stereocenters. The van der Waals surface area contributed by atoms with E-state index < -0.39 is 0 Å². The second-order valence-corrected chi connectivity index (χ2v) is 4.82. The smallest absolute Gasteiger partial charge is 0.261 e. The fourth-order valence-corrected chi connectivity index (χ4v) is 1.81. The lowest BCUT2D eigenvalue weighted by Gasteiger charge is -2.08. The number of carbonyl (C=O) groups is 1. The van der Waals surface area contributed by atoms with E-state index in [0.29, 0.717) is 15.8 Å². The van der Waals surface area contributed by atoms with Gasteiger partial charge in [-0.2, -0.15) is 0 Å². The van der Waals surface area contributed by atoms with E-state index >= 15 is 0 Å². The van der Waals surface area contributed by atoms with Gasteiger partial charge in [0, 0.05) is 13.2 Å². The van der Waals surface area contributed by atoms with Crippen LogP contribution in [0.25, 0.3) is 0 Å². The molecule has 5 heteroatoms. The highest BCUT2D eigenvalue weighted by Crippen LogP contribution is 2.20. The maximum Gasteiger partial charge on any atom is 0.261 e. The van der Waals surface area contributed by atoms with Crippen molar-refractivity contribution in [3.63, 3.8) is 0 Å². The summed E-state index contributed by atoms with van der Waals surface area (Å²) in [6, 6.07) is 3.38. The summed E-state index contributed by atoms with van der Waals surface area (Å²) in [4.78, 5) is 12.0. The summed E-state index contributed by atoms with van der Waals surface area (Å²) in [5, 5.41) is 11.5. The Morgan fingerprint density at radius 2 is 2.43 bits per heavy atom. The van der Waals surface area contributed by atoms with Gasteiger partial charge in [0.15, 0.2) is 0 Å². The van der Waals surface area contributed by atoms with E-state index in [9.17, 15) is 4.79 Å². The molecule has 1 rings (SSSR count). The summed E-state index contributed by atoms with van der Waals surface area (Å²) in [6.07, 6.45) is 0. The zero-order valence-electron chi connectivity index (χ0n) is 7.79. The Hall–Kier alpha value is -0.580. The molecule has 78 valence electrons. The number of aliphatic hydroxyl groups excluding tert-OH is 1. The van der Waals surface area contributed by atoms with Crippen LogP contribution in [0.1, 0.15) is 16.6 Å². The Bertz CT molecular complexity index is 314. The van der Waals surface area contributed by atoms with Crippen molar-refractivity contribution in [2.24, 2.45) is 5.92 Å². The summed E-state index contributed by atoms with van der Waals surface area (Å²) >= 11 is 6.94. The van der Waals surface area contributed by atoms with Crippen LogP contribution in [0.2, 0.25) is 4.34 Å². The van der Waals surface area contributed by atoms with Gasteiger partial charge in [0.05, 0.1) is 9.21 Å². The lowest BCUT2D eigenvalue weighted by molar-refractivity contribution is 0.0946. The molecule has 0 aromatic carbocycles. The van der Waals surface area contributed by atoms with Crippen LogP contribution in [-0.2, 0) is 0 Å². The molecule has 0 aliphatic rings. The highest BCUT2D eigenvalue weighted by Gasteiger charge is 2.09. The van der Waals surface area contributed by atoms with Crippen LogP contribution in [-0.4, -0.2) is 24.2 Å². The van der Waals surface area contributed by atoms with Crippen LogP contribution in [0.4, 0.5) is 0 Å². The molecule has 1 aromatic rings. The molecular weight excluding hydrogens is 222 g/mol. The second-order valence-electron chi connectivity index (χ2n) is 3.10. The Labute approximate surface area is 91.7 Å². The monoisotopic (exact) mass is 233 g/mol. The zero-order valence-corrected chi connectivity index (χ0v) is 9.36. The molecule has 0 saturated carbocycles. The summed E-state index contributed by atoms with van der Waals surface area (Å²) in [6.45, 7) is 2.41. The fourth-order valence-electron chi connectivity index (χ4n) is 0.855. The van der Waals surface area contributed by atoms with Crippen molar-refractivity contribution in [2.75, 3.05) is 13.2 Å². The van der Waals surface area contributed by atoms with Crippen molar-refractivity contribution in [3.05, 3.63) is 21.3 Å². The van der Waals surface area contributed by atoms with Crippen LogP contribution in [0.5, 0.6) is 0 Å². The van der Waals surface area contributed by atoms with Crippen LogP contribution >= 0.6 is 22.9 Å². The molecule has 0 aliphatic heterocycles. The predicted octanol–water partition coefficient (Wildman–Crippen LogP) is 1.76. The van der Waals surface area contributed by atoms with Gasteiger partial charge in [0.2, 0.25) is 0 Å². The first kappa shape index (κ1) is 11.5. The minimum absolute atomic E-state index is 0.0749. The van der Waals surface area contributed by atoms with Gasteiger partial charge in [-0.25, -0.2) is 0 Å². The molecule has 1 atom stereocenters. The van der Waals surface area contributed by atoms with Crippen molar-refractivity contribution in [3.8, 4) is 0 Å². The van der Waals surface area contributed by atoms with Crippen LogP contribution in [0.3, 0.4) is 0 Å². The number of aliphatic hydroxyl groups is 1. The van der Waals surface area contributed by atoms with E-state index in [0.717, 1.165) is 0 Å². The molecule has 2 N–H and O–H groups in total. The van der Waals surface area contributed by atoms with Crippen molar-refractivity contribution in [2.45, 2.75) is 6.92 Å². The number of carbonyl (C=O) groups excluding carboxylic acids is 1. The van der Waals surface area contributed by atoms with E-state index in [1.807, 2.05) is 6.92 Å². The van der Waals surface area contributed by atoms with Crippen molar-refractivity contribution < 1.29 is 9.90 Å². The van der Waals surface area contributed by atoms with E-state index in [4.69, 9.17) is 16.7 Å². The van der Waals surface area contributed by atoms with E-state index in [-0.39, 0.29) is 18.4 Å². The summed E-state index contributed by atoms with van der Waals surface area (Å²) in [7, 11) is 0. The molecule has 0 fully saturated rings. The van der Waals surface area contributed by atoms with Gasteiger partial charge >= 0.3 is 0 Å². The average Bonchev–Trinajstić information content (AvgIpc) is 2.60. The zero-order chi connectivity index (χ0) is 10.6. The number of hydrogen-bond acceptors (Lipinski definition) is 3. The number of amides is 1. The molecule has 0 radical (unpaired) electrons. The van der Waals surface area contributed by atoms with Gasteiger partial charge in [-0.3, -0.25) is 4.79 Å². The van der Waals surface area contributed by atoms with E-state index in [1.165, 1.54) is 11.3 Å². The van der Waals surface area contributed by atoms with Gasteiger partial charge in [-0.05, 0) is 18.1 Å². The Kier molecular flexibility index (Phi) is 4.38. The second kappa shape index (κ2) is 5.34. The van der Waals surface area contributed by atoms with Crippen LogP contribution < -0.4 is 5.32 Å². The summed E-state index contributed by atoms with van der Waals surface area (Å²) < 4.78 is 0.602. The van der Waals surface area contributed by atoms with Crippen LogP contribution in [0, 0.1) is 5.92 Å². The van der Waals surface area contributed by atoms with Gasteiger partial charge in [-0.15, -0.1) is 11.3 Å². The summed E-state index contributed by atoms with van der Waals surface area (Å²) in [5.74, 6) is -0.0587. The van der Waals surface area contributed by atoms with Gasteiger partial charge in [0.1, 0.15) is 0 Å². The number of thiophene rings is 1. The molecule has 0 saturated heterocycles. The minimum Gasteiger partial charge on any atom is -0.396 e. The predicted molar refractivity (Wildman–Crippen MR) is 57.9 cm³/mol. The standard InChI is InChI=1S/C9H12ClNO2S/c1-6(5-12)4-11-9(13)7-2-3-8(10)14-7/h2-3,6,12H,4-5H2,1H3,(H,11,13). The molecule has 3 nitrogen and oxygen atoms in total. The van der Waals surface area contributed by atoms with E-state index in [2.05, 4.69) is 5.32 Å². The SMILES string of the molecule is CC(CO)CNC(=O)c1ccc(Cl)s1. The third-order valence-electron chi connectivity index (χ3n) is 1.72. The normalized spacial score (nSPS) is 12.5. The number of nitrogens with one attached hydrogen (secondary N) is 1. The first-order chi connectivity index (χ1) is 6.63. The first-order valence-electron chi connectivity index (χ1n) is 4.28. The van der Waals surface area contributed by atoms with Gasteiger partial charge < -0.3 is 10.4 Å². The Morgan fingerprint density at radius 3 is 2.93 bits per heavy atom. The molecule has 1 aromatic heterocycles. The highest BCUT2D eigenvalue weighted by atomic mass is 35.5. The third-order valence-corrected chi connectivity index (χ3v) is 2.95. The number of hydrogen-bond donors (Lipinski definition) is 2. The lowest BCUT2D eigenvalue weighted by atomic mass is 10.2. The molecule has 0 bridgehead atoms. The molecule has 14 heavy (non-hydrogen) atoms. The maximum absolute atomic E-state index is 11.4.